The van der Waals surface area contributed by atoms with Crippen molar-refractivity contribution in [1.82, 2.24) is 0 Å². The maximum Gasteiger partial charge on any atom is 0.311 e. The summed E-state index contributed by atoms with van der Waals surface area (Å²) in [5.41, 5.74) is 0.701. The van der Waals surface area contributed by atoms with Crippen LogP contribution in [0.3, 0.4) is 0 Å². The largest absolute Gasteiger partial charge is 0.507 e. The minimum Gasteiger partial charge on any atom is -0.507 e. The Morgan fingerprint density at radius 1 is 0.633 bits per heavy atom. The number of carbonyl (C=O) groups excluding carboxylic acids is 3. The second-order valence-electron chi connectivity index (χ2n) is 12.9. The summed E-state index contributed by atoms with van der Waals surface area (Å²) in [5, 5.41) is 21.2. The zero-order chi connectivity index (χ0) is 35.7. The minimum atomic E-state index is -1.20. The lowest BCUT2D eigenvalue weighted by Crippen LogP contribution is -2.10. The number of carbonyl (C=O) groups is 3. The molecule has 8 heteroatoms. The first-order valence-electron chi connectivity index (χ1n) is 18.7. The summed E-state index contributed by atoms with van der Waals surface area (Å²) in [6, 6.07) is 9.01. The van der Waals surface area contributed by atoms with Crippen LogP contribution in [0, 0.1) is 0 Å². The van der Waals surface area contributed by atoms with Crippen molar-refractivity contribution >= 4 is 24.0 Å². The molecule has 0 spiro atoms. The first-order chi connectivity index (χ1) is 23.7. The number of aliphatic hydroxyl groups is 1. The topological polar surface area (TPSA) is 119 Å². The van der Waals surface area contributed by atoms with Gasteiger partial charge in [-0.25, -0.2) is 0 Å². The number of rotatable bonds is 26. The van der Waals surface area contributed by atoms with E-state index in [9.17, 15) is 24.6 Å². The van der Waals surface area contributed by atoms with Gasteiger partial charge in [0.15, 0.2) is 0 Å². The quantitative estimate of drug-likeness (QED) is 0.0572. The first-order valence-corrected chi connectivity index (χ1v) is 18.7. The molecule has 0 aliphatic carbocycles. The van der Waals surface area contributed by atoms with E-state index in [0.29, 0.717) is 12.0 Å². The van der Waals surface area contributed by atoms with Gasteiger partial charge in [0.05, 0.1) is 0 Å². The second kappa shape index (κ2) is 25.3. The van der Waals surface area contributed by atoms with Crippen molar-refractivity contribution in [3.8, 4) is 23.0 Å². The van der Waals surface area contributed by atoms with Gasteiger partial charge in [-0.05, 0) is 37.1 Å². The lowest BCUT2D eigenvalue weighted by atomic mass is 10.1. The minimum absolute atomic E-state index is 0.161. The van der Waals surface area contributed by atoms with Crippen LogP contribution in [0.1, 0.15) is 166 Å². The maximum absolute atomic E-state index is 12.8. The van der Waals surface area contributed by atoms with Crippen LogP contribution in [0.5, 0.6) is 23.0 Å². The third-order valence-corrected chi connectivity index (χ3v) is 8.45. The van der Waals surface area contributed by atoms with Crippen molar-refractivity contribution in [3.63, 3.8) is 0 Å². The second-order valence-corrected chi connectivity index (χ2v) is 12.9. The number of hydrogen-bond acceptors (Lipinski definition) is 8. The van der Waals surface area contributed by atoms with Gasteiger partial charge >= 0.3 is 17.9 Å². The van der Waals surface area contributed by atoms with Gasteiger partial charge in [0.1, 0.15) is 29.1 Å². The highest BCUT2D eigenvalue weighted by Gasteiger charge is 2.15. The molecule has 8 nitrogen and oxygen atoms in total. The lowest BCUT2D eigenvalue weighted by Gasteiger charge is -2.12. The molecule has 0 bridgehead atoms. The maximum atomic E-state index is 12.8. The summed E-state index contributed by atoms with van der Waals surface area (Å²) < 4.78 is 16.3. The van der Waals surface area contributed by atoms with Gasteiger partial charge in [0.25, 0.3) is 0 Å². The smallest absolute Gasteiger partial charge is 0.311 e. The summed E-state index contributed by atoms with van der Waals surface area (Å²) in [7, 11) is 0. The Bertz CT molecular complexity index is 1280. The van der Waals surface area contributed by atoms with E-state index in [1.54, 1.807) is 18.2 Å². The lowest BCUT2D eigenvalue weighted by molar-refractivity contribution is -0.135. The van der Waals surface area contributed by atoms with E-state index in [-0.39, 0.29) is 46.9 Å². The van der Waals surface area contributed by atoms with Gasteiger partial charge in [-0.1, -0.05) is 129 Å². The summed E-state index contributed by atoms with van der Waals surface area (Å²) in [4.78, 5) is 36.7. The van der Waals surface area contributed by atoms with Crippen LogP contribution < -0.4 is 14.2 Å². The van der Waals surface area contributed by atoms with E-state index in [4.69, 9.17) is 14.2 Å². The fourth-order valence-corrected chi connectivity index (χ4v) is 5.62. The molecular weight excluding hydrogens is 620 g/mol. The zero-order valence-electron chi connectivity index (χ0n) is 30.2. The monoisotopic (exact) mass is 680 g/mol. The third kappa shape index (κ3) is 18.6. The number of aliphatic hydroxyl groups excluding tert-OH is 1. The zero-order valence-corrected chi connectivity index (χ0v) is 30.2. The van der Waals surface area contributed by atoms with E-state index in [2.05, 4.69) is 13.8 Å². The Morgan fingerprint density at radius 3 is 1.61 bits per heavy atom. The van der Waals surface area contributed by atoms with Crippen molar-refractivity contribution in [3.05, 3.63) is 53.6 Å². The van der Waals surface area contributed by atoms with Crippen LogP contribution in [-0.2, 0) is 14.4 Å². The number of benzene rings is 2. The standard InChI is InChI=1S/C41H60O8/c1-4-6-8-10-12-14-16-18-20-22-40(45)48-35-26-24-33(25-29-37(43)36-28-27-34(30-38(36)44)47-32(3)42)39(31-35)49-41(46)23-21-19-17-15-13-11-9-7-5-2/h24-31,37,43-44H,4-23H2,1-3H3. The summed E-state index contributed by atoms with van der Waals surface area (Å²) in [5.74, 6) is -0.816. The molecule has 2 aromatic rings. The SMILES string of the molecule is CCCCCCCCCCCC(=O)Oc1ccc(C=CC(O)c2ccc(OC(C)=O)cc2O)c(OC(=O)CCCCCCCCCCC)c1. The Morgan fingerprint density at radius 2 is 1.10 bits per heavy atom. The molecule has 2 aromatic carbocycles. The van der Waals surface area contributed by atoms with E-state index < -0.39 is 12.1 Å². The predicted molar refractivity (Wildman–Crippen MR) is 195 cm³/mol. The Kier molecular flexibility index (Phi) is 21.5. The normalized spacial score (nSPS) is 11.8. The Labute approximate surface area is 294 Å². The van der Waals surface area contributed by atoms with Crippen LogP contribution in [0.4, 0.5) is 0 Å². The third-order valence-electron chi connectivity index (χ3n) is 8.45. The Balaban J connectivity index is 2.00. The first kappa shape index (κ1) is 41.5. The van der Waals surface area contributed by atoms with Crippen molar-refractivity contribution in [1.29, 1.82) is 0 Å². The summed E-state index contributed by atoms with van der Waals surface area (Å²) >= 11 is 0. The average Bonchev–Trinajstić information content (AvgIpc) is 3.06. The molecule has 0 amide bonds. The van der Waals surface area contributed by atoms with E-state index in [1.165, 1.54) is 114 Å². The average molecular weight is 681 g/mol. The molecule has 0 fully saturated rings. The number of ether oxygens (including phenoxy) is 3. The number of hydrogen-bond donors (Lipinski definition) is 2. The van der Waals surface area contributed by atoms with Crippen LogP contribution in [-0.4, -0.2) is 28.1 Å². The van der Waals surface area contributed by atoms with Crippen molar-refractivity contribution in [2.24, 2.45) is 0 Å². The fourth-order valence-electron chi connectivity index (χ4n) is 5.62. The molecule has 0 aromatic heterocycles. The van der Waals surface area contributed by atoms with Gasteiger partial charge in [0, 0.05) is 43.0 Å². The number of phenols is 1. The molecule has 0 saturated carbocycles. The molecule has 2 rings (SSSR count). The number of unbranched alkanes of at least 4 members (excludes halogenated alkanes) is 16. The molecule has 272 valence electrons. The van der Waals surface area contributed by atoms with Crippen molar-refractivity contribution in [2.45, 2.75) is 155 Å². The van der Waals surface area contributed by atoms with Gasteiger partial charge < -0.3 is 24.4 Å². The van der Waals surface area contributed by atoms with Gasteiger partial charge in [-0.3, -0.25) is 14.4 Å². The molecule has 0 heterocycles. The Hall–Kier alpha value is -3.65. The van der Waals surface area contributed by atoms with Gasteiger partial charge in [0.2, 0.25) is 0 Å². The predicted octanol–water partition coefficient (Wildman–Crippen LogP) is 10.7. The summed E-state index contributed by atoms with van der Waals surface area (Å²) in [6.45, 7) is 5.69. The molecule has 0 aliphatic heterocycles. The molecular formula is C41H60O8. The van der Waals surface area contributed by atoms with Gasteiger partial charge in [-0.15, -0.1) is 0 Å². The molecule has 1 unspecified atom stereocenters. The molecule has 0 aliphatic rings. The van der Waals surface area contributed by atoms with Crippen molar-refractivity contribution < 1.29 is 38.8 Å². The molecule has 0 radical (unpaired) electrons. The van der Waals surface area contributed by atoms with Crippen LogP contribution in [0.15, 0.2) is 42.5 Å². The van der Waals surface area contributed by atoms with Crippen LogP contribution in [0.25, 0.3) is 6.08 Å². The molecule has 2 N–H and O–H groups in total. The highest BCUT2D eigenvalue weighted by atomic mass is 16.5. The van der Waals surface area contributed by atoms with Crippen LogP contribution >= 0.6 is 0 Å². The van der Waals surface area contributed by atoms with E-state index in [1.807, 2.05) is 0 Å². The molecule has 49 heavy (non-hydrogen) atoms. The number of esters is 3. The van der Waals surface area contributed by atoms with Gasteiger partial charge in [-0.2, -0.15) is 0 Å². The molecule has 1 atom stereocenters. The van der Waals surface area contributed by atoms with Crippen LogP contribution in [0.2, 0.25) is 0 Å². The number of phenolic OH excluding ortho intramolecular Hbond substituents is 1. The number of aromatic hydroxyl groups is 1. The fraction of sp³-hybridized carbons (Fsp3) is 0.585. The van der Waals surface area contributed by atoms with E-state index >= 15 is 0 Å². The highest BCUT2D eigenvalue weighted by molar-refractivity contribution is 5.76. The molecule has 0 saturated heterocycles. The van der Waals surface area contributed by atoms with E-state index in [0.717, 1.165) is 38.5 Å². The summed E-state index contributed by atoms with van der Waals surface area (Å²) in [6.07, 6.45) is 23.1. The van der Waals surface area contributed by atoms with Crippen molar-refractivity contribution in [2.75, 3.05) is 0 Å². The highest BCUT2D eigenvalue weighted by Crippen LogP contribution is 2.32.